The van der Waals surface area contributed by atoms with E-state index in [2.05, 4.69) is 4.98 Å². The SMILES string of the molecule is COc1ccc(OC)c(C2C(C(=O)c3cccs3)C(=O)C(=O)N2Cc2cccnc2)c1. The van der Waals surface area contributed by atoms with Crippen LogP contribution in [-0.2, 0) is 16.1 Å². The lowest BCUT2D eigenvalue weighted by molar-refractivity contribution is -0.141. The van der Waals surface area contributed by atoms with Gasteiger partial charge in [-0.3, -0.25) is 19.4 Å². The van der Waals surface area contributed by atoms with E-state index < -0.39 is 23.7 Å². The van der Waals surface area contributed by atoms with E-state index in [0.29, 0.717) is 21.9 Å². The van der Waals surface area contributed by atoms with Crippen LogP contribution >= 0.6 is 11.3 Å². The summed E-state index contributed by atoms with van der Waals surface area (Å²) in [5, 5.41) is 1.77. The zero-order valence-corrected chi connectivity index (χ0v) is 17.8. The first kappa shape index (κ1) is 20.7. The average Bonchev–Trinajstić information content (AvgIpc) is 3.42. The number of pyridine rings is 1. The van der Waals surface area contributed by atoms with Crippen LogP contribution < -0.4 is 9.47 Å². The predicted molar refractivity (Wildman–Crippen MR) is 114 cm³/mol. The largest absolute Gasteiger partial charge is 0.497 e. The molecule has 3 aromatic rings. The molecule has 0 radical (unpaired) electrons. The summed E-state index contributed by atoms with van der Waals surface area (Å²) in [4.78, 5) is 45.4. The van der Waals surface area contributed by atoms with Crippen LogP contribution in [0.2, 0.25) is 0 Å². The number of hydrogen-bond donors (Lipinski definition) is 0. The van der Waals surface area contributed by atoms with E-state index in [1.54, 1.807) is 54.2 Å². The van der Waals surface area contributed by atoms with E-state index >= 15 is 0 Å². The molecule has 2 unspecified atom stereocenters. The van der Waals surface area contributed by atoms with Gasteiger partial charge in [-0.15, -0.1) is 11.3 Å². The molecule has 1 aliphatic rings. The lowest BCUT2D eigenvalue weighted by Crippen LogP contribution is -2.30. The maximum absolute atomic E-state index is 13.3. The minimum absolute atomic E-state index is 0.137. The molecular weight excluding hydrogens is 416 g/mol. The van der Waals surface area contributed by atoms with Crippen LogP contribution in [0.4, 0.5) is 0 Å². The highest BCUT2D eigenvalue weighted by atomic mass is 32.1. The summed E-state index contributed by atoms with van der Waals surface area (Å²) in [6.45, 7) is 0.137. The zero-order chi connectivity index (χ0) is 22.0. The van der Waals surface area contributed by atoms with Gasteiger partial charge in [0.05, 0.1) is 25.1 Å². The number of nitrogens with zero attached hydrogens (tertiary/aromatic N) is 2. The van der Waals surface area contributed by atoms with Gasteiger partial charge in [-0.25, -0.2) is 0 Å². The third-order valence-corrected chi connectivity index (χ3v) is 6.17. The molecule has 4 rings (SSSR count). The summed E-state index contributed by atoms with van der Waals surface area (Å²) in [7, 11) is 3.03. The number of carbonyl (C=O) groups excluding carboxylic acids is 3. The van der Waals surface area contributed by atoms with Gasteiger partial charge in [-0.2, -0.15) is 0 Å². The number of ketones is 2. The number of Topliss-reactive ketones (excluding diaryl/α,β-unsaturated/α-hetero) is 2. The van der Waals surface area contributed by atoms with Crippen molar-refractivity contribution in [2.75, 3.05) is 14.2 Å². The van der Waals surface area contributed by atoms with Crippen LogP contribution in [0.5, 0.6) is 11.5 Å². The Morgan fingerprint density at radius 2 is 1.97 bits per heavy atom. The second kappa shape index (κ2) is 8.69. The first-order valence-corrected chi connectivity index (χ1v) is 10.5. The molecule has 2 aromatic heterocycles. The molecule has 0 bridgehead atoms. The van der Waals surface area contributed by atoms with Crippen molar-refractivity contribution in [3.05, 3.63) is 76.2 Å². The molecule has 2 atom stereocenters. The number of carbonyl (C=O) groups is 3. The molecule has 1 amide bonds. The Hall–Kier alpha value is -3.52. The number of thiophene rings is 1. The highest BCUT2D eigenvalue weighted by Crippen LogP contribution is 2.44. The summed E-state index contributed by atoms with van der Waals surface area (Å²) in [5.74, 6) is -1.98. The molecule has 1 aliphatic heterocycles. The fraction of sp³-hybridized carbons (Fsp3) is 0.217. The Morgan fingerprint density at radius 1 is 1.13 bits per heavy atom. The van der Waals surface area contributed by atoms with Crippen molar-refractivity contribution < 1.29 is 23.9 Å². The van der Waals surface area contributed by atoms with Crippen LogP contribution in [-0.4, -0.2) is 41.6 Å². The lowest BCUT2D eigenvalue weighted by Gasteiger charge is -2.28. The Kier molecular flexibility index (Phi) is 5.81. The Balaban J connectivity index is 1.86. The number of amides is 1. The zero-order valence-electron chi connectivity index (χ0n) is 17.0. The molecule has 0 spiro atoms. The molecule has 31 heavy (non-hydrogen) atoms. The summed E-state index contributed by atoms with van der Waals surface area (Å²) in [6.07, 6.45) is 3.26. The second-order valence-electron chi connectivity index (χ2n) is 7.03. The van der Waals surface area contributed by atoms with E-state index in [-0.39, 0.29) is 12.3 Å². The number of likely N-dealkylation sites (tertiary alicyclic amines) is 1. The number of rotatable bonds is 7. The molecule has 0 aliphatic carbocycles. The van der Waals surface area contributed by atoms with E-state index in [9.17, 15) is 14.4 Å². The number of ether oxygens (including phenoxy) is 2. The van der Waals surface area contributed by atoms with Crippen molar-refractivity contribution in [2.24, 2.45) is 5.92 Å². The van der Waals surface area contributed by atoms with E-state index in [0.717, 1.165) is 5.56 Å². The number of benzene rings is 1. The van der Waals surface area contributed by atoms with Crippen molar-refractivity contribution in [3.8, 4) is 11.5 Å². The van der Waals surface area contributed by atoms with Crippen molar-refractivity contribution in [1.82, 2.24) is 9.88 Å². The third kappa shape index (κ3) is 3.82. The molecule has 0 saturated carbocycles. The number of aromatic nitrogens is 1. The van der Waals surface area contributed by atoms with Gasteiger partial charge in [-0.05, 0) is 41.3 Å². The van der Waals surface area contributed by atoms with Gasteiger partial charge < -0.3 is 14.4 Å². The highest BCUT2D eigenvalue weighted by molar-refractivity contribution is 7.12. The molecule has 158 valence electrons. The summed E-state index contributed by atoms with van der Waals surface area (Å²) in [6, 6.07) is 11.3. The third-order valence-electron chi connectivity index (χ3n) is 5.28. The monoisotopic (exact) mass is 436 g/mol. The maximum Gasteiger partial charge on any atom is 0.291 e. The van der Waals surface area contributed by atoms with Crippen molar-refractivity contribution in [1.29, 1.82) is 0 Å². The van der Waals surface area contributed by atoms with Gasteiger partial charge in [0.1, 0.15) is 17.4 Å². The minimum Gasteiger partial charge on any atom is -0.497 e. The van der Waals surface area contributed by atoms with Crippen LogP contribution in [0.1, 0.15) is 26.8 Å². The van der Waals surface area contributed by atoms with Crippen molar-refractivity contribution >= 4 is 28.8 Å². The summed E-state index contributed by atoms with van der Waals surface area (Å²) >= 11 is 1.24. The maximum atomic E-state index is 13.3. The topological polar surface area (TPSA) is 85.8 Å². The van der Waals surface area contributed by atoms with Crippen LogP contribution in [0.3, 0.4) is 0 Å². The van der Waals surface area contributed by atoms with Crippen molar-refractivity contribution in [3.63, 3.8) is 0 Å². The van der Waals surface area contributed by atoms with Gasteiger partial charge in [0, 0.05) is 24.5 Å². The molecule has 1 saturated heterocycles. The molecule has 1 fully saturated rings. The Bertz CT molecular complexity index is 1110. The number of hydrogen-bond acceptors (Lipinski definition) is 7. The van der Waals surface area contributed by atoms with Gasteiger partial charge >= 0.3 is 0 Å². The molecule has 1 aromatic carbocycles. The Morgan fingerprint density at radius 3 is 2.61 bits per heavy atom. The summed E-state index contributed by atoms with van der Waals surface area (Å²) in [5.41, 5.74) is 1.29. The fourth-order valence-electron chi connectivity index (χ4n) is 3.84. The van der Waals surface area contributed by atoms with Crippen LogP contribution in [0.15, 0.2) is 60.2 Å². The van der Waals surface area contributed by atoms with E-state index in [4.69, 9.17) is 9.47 Å². The summed E-state index contributed by atoms with van der Waals surface area (Å²) < 4.78 is 10.9. The van der Waals surface area contributed by atoms with E-state index in [1.807, 2.05) is 6.07 Å². The number of methoxy groups -OCH3 is 2. The molecule has 3 heterocycles. The first-order valence-electron chi connectivity index (χ1n) is 9.58. The van der Waals surface area contributed by atoms with Crippen LogP contribution in [0.25, 0.3) is 0 Å². The second-order valence-corrected chi connectivity index (χ2v) is 7.98. The molecule has 7 nitrogen and oxygen atoms in total. The van der Waals surface area contributed by atoms with Gasteiger partial charge in [0.15, 0.2) is 5.78 Å². The molecular formula is C23H20N2O5S. The van der Waals surface area contributed by atoms with Gasteiger partial charge in [0.2, 0.25) is 5.78 Å². The quantitative estimate of drug-likeness (QED) is 0.321. The predicted octanol–water partition coefficient (Wildman–Crippen LogP) is 3.31. The Labute approximate surface area is 183 Å². The standard InChI is InChI=1S/C23H20N2O5S/c1-29-15-7-8-17(30-2)16(11-15)20-19(21(26)18-6-4-10-31-18)22(27)23(28)25(20)13-14-5-3-9-24-12-14/h3-12,19-20H,13H2,1-2H3. The first-order chi connectivity index (χ1) is 15.0. The molecule has 0 N–H and O–H groups in total. The van der Waals surface area contributed by atoms with Gasteiger partial charge in [-0.1, -0.05) is 12.1 Å². The normalized spacial score (nSPS) is 18.3. The fourth-order valence-corrected chi connectivity index (χ4v) is 4.54. The smallest absolute Gasteiger partial charge is 0.291 e. The van der Waals surface area contributed by atoms with Crippen molar-refractivity contribution in [2.45, 2.75) is 12.6 Å². The molecule has 8 heteroatoms. The highest BCUT2D eigenvalue weighted by Gasteiger charge is 2.52. The van der Waals surface area contributed by atoms with E-state index in [1.165, 1.54) is 30.5 Å². The van der Waals surface area contributed by atoms with Gasteiger partial charge in [0.25, 0.3) is 5.91 Å². The van der Waals surface area contributed by atoms with Crippen LogP contribution in [0, 0.1) is 5.92 Å². The lowest BCUT2D eigenvalue weighted by atomic mass is 9.88. The minimum atomic E-state index is -1.18. The average molecular weight is 436 g/mol.